The molecule has 1 aliphatic heterocycles. The van der Waals surface area contributed by atoms with E-state index in [4.69, 9.17) is 9.47 Å². The Kier molecular flexibility index (Phi) is 4.29. The molecule has 0 radical (unpaired) electrons. The fourth-order valence-electron chi connectivity index (χ4n) is 3.35. The third-order valence-corrected chi connectivity index (χ3v) is 4.57. The Bertz CT molecular complexity index is 1140. The molecule has 1 N–H and O–H groups in total. The monoisotopic (exact) mass is 399 g/mol. The molecule has 4 rings (SSSR count). The number of ether oxygens (including phenoxy) is 2. The second-order valence-electron chi connectivity index (χ2n) is 7.27. The van der Waals surface area contributed by atoms with E-state index in [0.29, 0.717) is 34.1 Å². The first-order chi connectivity index (χ1) is 13.6. The summed E-state index contributed by atoms with van der Waals surface area (Å²) in [6.45, 7) is 6.89. The van der Waals surface area contributed by atoms with Crippen LogP contribution in [-0.4, -0.2) is 21.5 Å². The fourth-order valence-corrected chi connectivity index (χ4v) is 3.35. The van der Waals surface area contributed by atoms with E-state index in [9.17, 15) is 13.6 Å². The van der Waals surface area contributed by atoms with Crippen molar-refractivity contribution in [2.24, 2.45) is 0 Å². The summed E-state index contributed by atoms with van der Waals surface area (Å²) in [5, 5.41) is 7.06. The van der Waals surface area contributed by atoms with Crippen LogP contribution in [-0.2, 0) is 0 Å². The number of nitrogens with zero attached hydrogens (tertiary/aromatic N) is 2. The second-order valence-corrected chi connectivity index (χ2v) is 7.27. The summed E-state index contributed by atoms with van der Waals surface area (Å²) in [7, 11) is 0. The lowest BCUT2D eigenvalue weighted by Crippen LogP contribution is -2.29. The maximum absolute atomic E-state index is 14.2. The van der Waals surface area contributed by atoms with E-state index in [1.54, 1.807) is 45.9 Å². The first-order valence-electron chi connectivity index (χ1n) is 9.00. The predicted octanol–water partition coefficient (Wildman–Crippen LogP) is 4.53. The molecular weight excluding hydrogens is 380 g/mol. The number of benzene rings is 2. The quantitative estimate of drug-likeness (QED) is 0.703. The minimum atomic E-state index is -0.765. The molecule has 0 bridgehead atoms. The summed E-state index contributed by atoms with van der Waals surface area (Å²) in [5.41, 5.74) is 1.76. The molecule has 3 aromatic rings. The second kappa shape index (κ2) is 6.58. The van der Waals surface area contributed by atoms with Gasteiger partial charge in [0.2, 0.25) is 5.79 Å². The van der Waals surface area contributed by atoms with Crippen LogP contribution in [0.2, 0.25) is 0 Å². The van der Waals surface area contributed by atoms with Crippen LogP contribution in [0, 0.1) is 25.5 Å². The normalized spacial score (nSPS) is 14.1. The summed E-state index contributed by atoms with van der Waals surface area (Å²) in [6, 6.07) is 8.30. The number of carbonyl (C=O) groups is 1. The van der Waals surface area contributed by atoms with E-state index in [-0.39, 0.29) is 5.69 Å². The minimum absolute atomic E-state index is 0.0661. The highest BCUT2D eigenvalue weighted by atomic mass is 19.1. The lowest BCUT2D eigenvalue weighted by atomic mass is 10.1. The van der Waals surface area contributed by atoms with Crippen molar-refractivity contribution in [1.29, 1.82) is 0 Å². The van der Waals surface area contributed by atoms with Gasteiger partial charge in [-0.05, 0) is 38.1 Å². The van der Waals surface area contributed by atoms with Crippen molar-refractivity contribution in [2.75, 3.05) is 5.32 Å². The Morgan fingerprint density at radius 3 is 2.52 bits per heavy atom. The highest BCUT2D eigenvalue weighted by Crippen LogP contribution is 2.40. The van der Waals surface area contributed by atoms with Gasteiger partial charge in [-0.15, -0.1) is 0 Å². The van der Waals surface area contributed by atoms with E-state index >= 15 is 0 Å². The van der Waals surface area contributed by atoms with Crippen molar-refractivity contribution in [3.8, 4) is 17.2 Å². The van der Waals surface area contributed by atoms with Crippen LogP contribution in [0.5, 0.6) is 11.5 Å². The van der Waals surface area contributed by atoms with Crippen LogP contribution in [0.25, 0.3) is 5.69 Å². The average Bonchev–Trinajstić information content (AvgIpc) is 3.08. The molecule has 1 aromatic heterocycles. The van der Waals surface area contributed by atoms with Crippen molar-refractivity contribution in [3.05, 3.63) is 65.0 Å². The highest BCUT2D eigenvalue weighted by Gasteiger charge is 2.32. The molecule has 0 spiro atoms. The lowest BCUT2D eigenvalue weighted by molar-refractivity contribution is -0.0431. The molecule has 1 aliphatic rings. The number of amides is 1. The zero-order valence-electron chi connectivity index (χ0n) is 16.3. The zero-order chi connectivity index (χ0) is 20.9. The number of rotatable bonds is 3. The van der Waals surface area contributed by atoms with Gasteiger partial charge >= 0.3 is 0 Å². The van der Waals surface area contributed by atoms with E-state index in [1.807, 2.05) is 0 Å². The number of carbonyl (C=O) groups excluding carboxylic acids is 1. The van der Waals surface area contributed by atoms with Crippen LogP contribution in [0.15, 0.2) is 36.4 Å². The number of fused-ring (bicyclic) bond motifs is 1. The first kappa shape index (κ1) is 18.9. The molecule has 0 saturated carbocycles. The van der Waals surface area contributed by atoms with Crippen LogP contribution in [0.4, 0.5) is 14.5 Å². The standard InChI is InChI=1S/C21H19F2N3O3/c1-11-19(12(2)26(25-11)16-7-5-13(22)9-15(16)23)20(27)24-14-6-8-17-18(10-14)29-21(3,4)28-17/h5-10H,1-4H3,(H,24,27). The lowest BCUT2D eigenvalue weighted by Gasteiger charge is -2.16. The van der Waals surface area contributed by atoms with Crippen molar-refractivity contribution in [1.82, 2.24) is 9.78 Å². The molecule has 0 atom stereocenters. The van der Waals surface area contributed by atoms with Gasteiger partial charge in [-0.2, -0.15) is 5.10 Å². The number of hydrogen-bond donors (Lipinski definition) is 1. The van der Waals surface area contributed by atoms with Gasteiger partial charge in [-0.25, -0.2) is 13.5 Å². The van der Waals surface area contributed by atoms with Crippen molar-refractivity contribution in [2.45, 2.75) is 33.5 Å². The van der Waals surface area contributed by atoms with Crippen molar-refractivity contribution < 1.29 is 23.0 Å². The van der Waals surface area contributed by atoms with Crippen molar-refractivity contribution in [3.63, 3.8) is 0 Å². The van der Waals surface area contributed by atoms with Crippen LogP contribution in [0.1, 0.15) is 35.6 Å². The average molecular weight is 399 g/mol. The predicted molar refractivity (Wildman–Crippen MR) is 103 cm³/mol. The molecule has 6 nitrogen and oxygen atoms in total. The van der Waals surface area contributed by atoms with E-state index < -0.39 is 23.3 Å². The van der Waals surface area contributed by atoms with Crippen LogP contribution in [0.3, 0.4) is 0 Å². The Balaban J connectivity index is 1.63. The number of aryl methyl sites for hydroxylation is 1. The smallest absolute Gasteiger partial charge is 0.259 e. The molecule has 0 aliphatic carbocycles. The molecule has 0 unspecified atom stereocenters. The Morgan fingerprint density at radius 1 is 1.07 bits per heavy atom. The maximum Gasteiger partial charge on any atom is 0.259 e. The number of halogens is 2. The Morgan fingerprint density at radius 2 is 1.79 bits per heavy atom. The van der Waals surface area contributed by atoms with Gasteiger partial charge in [0.05, 0.1) is 17.0 Å². The van der Waals surface area contributed by atoms with Gasteiger partial charge in [-0.3, -0.25) is 4.79 Å². The number of nitrogens with one attached hydrogen (secondary N) is 1. The van der Waals surface area contributed by atoms with E-state index in [1.165, 1.54) is 10.7 Å². The third-order valence-electron chi connectivity index (χ3n) is 4.57. The molecular formula is C21H19F2N3O3. The molecule has 2 aromatic carbocycles. The van der Waals surface area contributed by atoms with Gasteiger partial charge in [0.1, 0.15) is 11.5 Å². The topological polar surface area (TPSA) is 65.4 Å². The number of hydrogen-bond acceptors (Lipinski definition) is 4. The largest absolute Gasteiger partial charge is 0.449 e. The van der Waals surface area contributed by atoms with Gasteiger partial charge in [-0.1, -0.05) is 0 Å². The van der Waals surface area contributed by atoms with Gasteiger partial charge in [0.15, 0.2) is 17.3 Å². The van der Waals surface area contributed by atoms with E-state index in [0.717, 1.165) is 12.1 Å². The molecule has 2 heterocycles. The zero-order valence-corrected chi connectivity index (χ0v) is 16.3. The summed E-state index contributed by atoms with van der Waals surface area (Å²) < 4.78 is 40.0. The summed E-state index contributed by atoms with van der Waals surface area (Å²) in [5.74, 6) is -1.48. The number of anilines is 1. The molecule has 8 heteroatoms. The first-order valence-corrected chi connectivity index (χ1v) is 9.00. The molecule has 29 heavy (non-hydrogen) atoms. The fraction of sp³-hybridized carbons (Fsp3) is 0.238. The minimum Gasteiger partial charge on any atom is -0.449 e. The Labute approximate surface area is 166 Å². The molecule has 1 amide bonds. The molecule has 0 fully saturated rings. The Hall–Kier alpha value is -3.42. The summed E-state index contributed by atoms with van der Waals surface area (Å²) in [4.78, 5) is 12.9. The molecule has 0 saturated heterocycles. The van der Waals surface area contributed by atoms with E-state index in [2.05, 4.69) is 10.4 Å². The van der Waals surface area contributed by atoms with Gasteiger partial charge in [0, 0.05) is 31.7 Å². The van der Waals surface area contributed by atoms with Gasteiger partial charge in [0.25, 0.3) is 5.91 Å². The molecule has 150 valence electrons. The summed E-state index contributed by atoms with van der Waals surface area (Å²) >= 11 is 0. The van der Waals surface area contributed by atoms with Crippen LogP contribution >= 0.6 is 0 Å². The maximum atomic E-state index is 14.2. The SMILES string of the molecule is Cc1nn(-c2ccc(F)cc2F)c(C)c1C(=O)Nc1ccc2c(c1)OC(C)(C)O2. The number of aromatic nitrogens is 2. The van der Waals surface area contributed by atoms with Crippen molar-refractivity contribution >= 4 is 11.6 Å². The highest BCUT2D eigenvalue weighted by molar-refractivity contribution is 6.06. The van der Waals surface area contributed by atoms with Crippen LogP contribution < -0.4 is 14.8 Å². The summed E-state index contributed by atoms with van der Waals surface area (Å²) in [6.07, 6.45) is 0. The van der Waals surface area contributed by atoms with Gasteiger partial charge < -0.3 is 14.8 Å². The third kappa shape index (κ3) is 3.41.